The van der Waals surface area contributed by atoms with Gasteiger partial charge in [-0.05, 0) is 24.3 Å². The van der Waals surface area contributed by atoms with Gasteiger partial charge < -0.3 is 10.8 Å². The van der Waals surface area contributed by atoms with E-state index < -0.39 is 5.97 Å². The minimum Gasteiger partial charge on any atom is -0.481 e. The van der Waals surface area contributed by atoms with E-state index in [1.165, 1.54) is 11.3 Å². The second kappa shape index (κ2) is 4.78. The molecule has 0 saturated carbocycles. The lowest BCUT2D eigenvalue weighted by atomic mass is 10.3. The average Bonchev–Trinajstić information content (AvgIpc) is 2.83. The van der Waals surface area contributed by atoms with Gasteiger partial charge in [0, 0.05) is 26.1 Å². The largest absolute Gasteiger partial charge is 0.481 e. The summed E-state index contributed by atoms with van der Waals surface area (Å²) in [5.41, 5.74) is 5.55. The Morgan fingerprint density at radius 2 is 1.69 bits per heavy atom. The van der Waals surface area contributed by atoms with Crippen LogP contribution in [0.15, 0.2) is 24.3 Å². The Labute approximate surface area is 101 Å². The van der Waals surface area contributed by atoms with Crippen molar-refractivity contribution in [1.82, 2.24) is 0 Å². The van der Waals surface area contributed by atoms with E-state index in [0.29, 0.717) is 6.54 Å². The summed E-state index contributed by atoms with van der Waals surface area (Å²) >= 11 is 3.18. The van der Waals surface area contributed by atoms with Gasteiger partial charge in [0.15, 0.2) is 0 Å². The van der Waals surface area contributed by atoms with Crippen LogP contribution in [0.5, 0.6) is 0 Å². The number of hydrogen-bond acceptors (Lipinski definition) is 4. The van der Waals surface area contributed by atoms with Crippen LogP contribution in [-0.4, -0.2) is 11.1 Å². The first kappa shape index (κ1) is 11.3. The molecule has 0 fully saturated rings. The van der Waals surface area contributed by atoms with E-state index in [1.54, 1.807) is 11.3 Å². The molecule has 2 aromatic rings. The molecule has 0 aromatic carbocycles. The van der Waals surface area contributed by atoms with Crippen LogP contribution in [0.1, 0.15) is 9.75 Å². The molecule has 0 amide bonds. The zero-order valence-electron chi connectivity index (χ0n) is 8.47. The van der Waals surface area contributed by atoms with Crippen molar-refractivity contribution in [2.75, 3.05) is 0 Å². The summed E-state index contributed by atoms with van der Waals surface area (Å²) in [4.78, 5) is 14.8. The molecular formula is C11H11NO2S2. The Bertz CT molecular complexity index is 502. The molecular weight excluding hydrogens is 242 g/mol. The molecule has 0 aliphatic heterocycles. The van der Waals surface area contributed by atoms with E-state index in [2.05, 4.69) is 0 Å². The van der Waals surface area contributed by atoms with Gasteiger partial charge in [0.25, 0.3) is 0 Å². The summed E-state index contributed by atoms with van der Waals surface area (Å²) < 4.78 is 0. The summed E-state index contributed by atoms with van der Waals surface area (Å²) in [6.07, 6.45) is 0.0970. The van der Waals surface area contributed by atoms with Crippen LogP contribution in [0.25, 0.3) is 9.75 Å². The predicted molar refractivity (Wildman–Crippen MR) is 66.9 cm³/mol. The van der Waals surface area contributed by atoms with Gasteiger partial charge in [0.05, 0.1) is 6.42 Å². The summed E-state index contributed by atoms with van der Waals surface area (Å²) in [5.74, 6) is -0.790. The maximum Gasteiger partial charge on any atom is 0.308 e. The molecule has 0 radical (unpaired) electrons. The number of carbonyl (C=O) groups is 1. The maximum atomic E-state index is 10.6. The fraction of sp³-hybridized carbons (Fsp3) is 0.182. The molecule has 3 N–H and O–H groups in total. The minimum atomic E-state index is -0.790. The van der Waals surface area contributed by atoms with Gasteiger partial charge in [-0.1, -0.05) is 0 Å². The molecule has 0 unspecified atom stereocenters. The summed E-state index contributed by atoms with van der Waals surface area (Å²) in [6, 6.07) is 7.88. The molecule has 2 aromatic heterocycles. The van der Waals surface area contributed by atoms with E-state index in [-0.39, 0.29) is 6.42 Å². The van der Waals surface area contributed by atoms with Crippen LogP contribution in [-0.2, 0) is 17.8 Å². The number of thiophene rings is 2. The molecule has 0 atom stereocenters. The molecule has 2 rings (SSSR count). The number of hydrogen-bond donors (Lipinski definition) is 2. The first-order valence-corrected chi connectivity index (χ1v) is 6.42. The molecule has 3 nitrogen and oxygen atoms in total. The normalized spacial score (nSPS) is 10.6. The van der Waals surface area contributed by atoms with Gasteiger partial charge in [-0.2, -0.15) is 0 Å². The van der Waals surface area contributed by atoms with E-state index in [1.807, 2.05) is 24.3 Å². The van der Waals surface area contributed by atoms with Gasteiger partial charge in [-0.3, -0.25) is 4.79 Å². The zero-order valence-corrected chi connectivity index (χ0v) is 10.1. The maximum absolute atomic E-state index is 10.6. The van der Waals surface area contributed by atoms with E-state index in [9.17, 15) is 4.79 Å². The smallest absolute Gasteiger partial charge is 0.308 e. The zero-order chi connectivity index (χ0) is 11.5. The summed E-state index contributed by atoms with van der Waals surface area (Å²) in [5, 5.41) is 8.68. The van der Waals surface area contributed by atoms with Crippen molar-refractivity contribution in [3.63, 3.8) is 0 Å². The quantitative estimate of drug-likeness (QED) is 0.880. The van der Waals surface area contributed by atoms with Crippen molar-refractivity contribution in [2.45, 2.75) is 13.0 Å². The molecule has 0 aliphatic carbocycles. The van der Waals surface area contributed by atoms with Crippen molar-refractivity contribution < 1.29 is 9.90 Å². The Hall–Kier alpha value is -1.17. The molecule has 0 saturated heterocycles. The Morgan fingerprint density at radius 3 is 2.19 bits per heavy atom. The van der Waals surface area contributed by atoms with Gasteiger partial charge >= 0.3 is 5.97 Å². The van der Waals surface area contributed by atoms with E-state index in [0.717, 1.165) is 19.5 Å². The Kier molecular flexibility index (Phi) is 3.38. The topological polar surface area (TPSA) is 63.3 Å². The molecule has 2 heterocycles. The van der Waals surface area contributed by atoms with Crippen molar-refractivity contribution in [3.8, 4) is 9.75 Å². The van der Waals surface area contributed by atoms with Crippen LogP contribution >= 0.6 is 22.7 Å². The molecule has 16 heavy (non-hydrogen) atoms. The summed E-state index contributed by atoms with van der Waals surface area (Å²) in [7, 11) is 0. The van der Waals surface area contributed by atoms with E-state index >= 15 is 0 Å². The lowest BCUT2D eigenvalue weighted by molar-refractivity contribution is -0.136. The number of carboxylic acid groups (broad SMARTS) is 1. The second-order valence-corrected chi connectivity index (χ2v) is 5.64. The lowest BCUT2D eigenvalue weighted by Gasteiger charge is -1.90. The monoisotopic (exact) mass is 253 g/mol. The third kappa shape index (κ3) is 2.49. The number of carboxylic acids is 1. The highest BCUT2D eigenvalue weighted by atomic mass is 32.1. The second-order valence-electron chi connectivity index (χ2n) is 3.31. The highest BCUT2D eigenvalue weighted by molar-refractivity contribution is 7.22. The molecule has 0 aliphatic rings. The fourth-order valence-electron chi connectivity index (χ4n) is 1.37. The van der Waals surface area contributed by atoms with Crippen LogP contribution < -0.4 is 5.73 Å². The van der Waals surface area contributed by atoms with Crippen molar-refractivity contribution in [2.24, 2.45) is 5.73 Å². The van der Waals surface area contributed by atoms with Crippen LogP contribution in [0.4, 0.5) is 0 Å². The molecule has 5 heteroatoms. The van der Waals surface area contributed by atoms with Crippen LogP contribution in [0, 0.1) is 0 Å². The Morgan fingerprint density at radius 1 is 1.12 bits per heavy atom. The lowest BCUT2D eigenvalue weighted by Crippen LogP contribution is -1.96. The number of aliphatic carboxylic acids is 1. The molecule has 84 valence electrons. The van der Waals surface area contributed by atoms with Crippen molar-refractivity contribution >= 4 is 28.6 Å². The van der Waals surface area contributed by atoms with Crippen molar-refractivity contribution in [3.05, 3.63) is 34.0 Å². The number of nitrogens with two attached hydrogens (primary N) is 1. The van der Waals surface area contributed by atoms with Gasteiger partial charge in [-0.15, -0.1) is 22.7 Å². The van der Waals surface area contributed by atoms with Crippen LogP contribution in [0.2, 0.25) is 0 Å². The van der Waals surface area contributed by atoms with Crippen molar-refractivity contribution in [1.29, 1.82) is 0 Å². The third-order valence-electron chi connectivity index (χ3n) is 2.09. The van der Waals surface area contributed by atoms with Gasteiger partial charge in [0.1, 0.15) is 0 Å². The summed E-state index contributed by atoms with van der Waals surface area (Å²) in [6.45, 7) is 0.554. The highest BCUT2D eigenvalue weighted by Crippen LogP contribution is 2.33. The Balaban J connectivity index is 2.20. The average molecular weight is 253 g/mol. The standard InChI is InChI=1S/C11H11NO2S2/c12-6-8-2-4-10(16-8)9-3-1-7(15-9)5-11(13)14/h1-4H,5-6,12H2,(H,13,14). The number of rotatable bonds is 4. The minimum absolute atomic E-state index is 0.0970. The van der Waals surface area contributed by atoms with Crippen LogP contribution in [0.3, 0.4) is 0 Å². The van der Waals surface area contributed by atoms with E-state index in [4.69, 9.17) is 10.8 Å². The SMILES string of the molecule is NCc1ccc(-c2ccc(CC(=O)O)s2)s1. The van der Waals surface area contributed by atoms with Gasteiger partial charge in [-0.25, -0.2) is 0 Å². The molecule has 0 spiro atoms. The predicted octanol–water partition coefficient (Wildman–Crippen LogP) is 2.56. The third-order valence-corrected chi connectivity index (χ3v) is 4.48. The fourth-order valence-corrected chi connectivity index (χ4v) is 3.35. The highest BCUT2D eigenvalue weighted by Gasteiger charge is 2.07. The molecule has 0 bridgehead atoms. The first-order chi connectivity index (χ1) is 7.69. The first-order valence-electron chi connectivity index (χ1n) is 4.78. The van der Waals surface area contributed by atoms with Gasteiger partial charge in [0.2, 0.25) is 0 Å².